The summed E-state index contributed by atoms with van der Waals surface area (Å²) < 4.78 is 0. The van der Waals surface area contributed by atoms with Gasteiger partial charge in [-0.2, -0.15) is 0 Å². The Morgan fingerprint density at radius 3 is 2.58 bits per heavy atom. The van der Waals surface area contributed by atoms with E-state index in [2.05, 4.69) is 13.2 Å². The summed E-state index contributed by atoms with van der Waals surface area (Å²) in [5.74, 6) is 0. The molecule has 0 unspecified atom stereocenters. The lowest BCUT2D eigenvalue weighted by Crippen LogP contribution is -2.26. The Morgan fingerprint density at radius 1 is 1.42 bits per heavy atom. The van der Waals surface area contributed by atoms with Gasteiger partial charge in [0.05, 0.1) is 0 Å². The predicted molar refractivity (Wildman–Crippen MR) is 53.9 cm³/mol. The zero-order valence-electron chi connectivity index (χ0n) is 7.09. The van der Waals surface area contributed by atoms with E-state index < -0.39 is 0 Å². The minimum absolute atomic E-state index is 0.510. The molecule has 62 valence electrons. The lowest BCUT2D eigenvalue weighted by molar-refractivity contribution is 1.26. The summed E-state index contributed by atoms with van der Waals surface area (Å²) in [7, 11) is 0. The van der Waals surface area contributed by atoms with Gasteiger partial charge in [-0.05, 0) is 16.0 Å². The third-order valence-electron chi connectivity index (χ3n) is 1.83. The molecule has 0 aromatic heterocycles. The Bertz CT molecular complexity index is 376. The quantitative estimate of drug-likeness (QED) is 0.664. The Kier molecular flexibility index (Phi) is 2.83. The maximum atomic E-state index is 5.55. The van der Waals surface area contributed by atoms with Gasteiger partial charge in [-0.25, -0.2) is 0 Å². The van der Waals surface area contributed by atoms with Crippen LogP contribution >= 0.6 is 0 Å². The van der Waals surface area contributed by atoms with E-state index in [9.17, 15) is 0 Å². The van der Waals surface area contributed by atoms with E-state index in [0.29, 0.717) is 6.54 Å². The number of rotatable bonds is 2. The summed E-state index contributed by atoms with van der Waals surface area (Å²) in [6.07, 6.45) is 1.78. The van der Waals surface area contributed by atoms with Crippen LogP contribution in [-0.2, 0) is 0 Å². The molecule has 1 aromatic rings. The van der Waals surface area contributed by atoms with Crippen molar-refractivity contribution in [2.45, 2.75) is 0 Å². The molecule has 0 saturated heterocycles. The first-order chi connectivity index (χ1) is 5.79. The van der Waals surface area contributed by atoms with E-state index in [-0.39, 0.29) is 0 Å². The molecule has 0 amide bonds. The van der Waals surface area contributed by atoms with Crippen LogP contribution in [0.1, 0.15) is 0 Å². The van der Waals surface area contributed by atoms with Gasteiger partial charge in [0.15, 0.2) is 0 Å². The van der Waals surface area contributed by atoms with Gasteiger partial charge >= 0.3 is 0 Å². The molecule has 1 nitrogen and oxygen atoms in total. The molecule has 2 N–H and O–H groups in total. The molecule has 0 bridgehead atoms. The van der Waals surface area contributed by atoms with Crippen LogP contribution < -0.4 is 16.2 Å². The highest BCUT2D eigenvalue weighted by Crippen LogP contribution is 1.87. The van der Waals surface area contributed by atoms with Crippen LogP contribution in [0.25, 0.3) is 12.2 Å². The minimum Gasteiger partial charge on any atom is -0.326 e. The first-order valence-electron chi connectivity index (χ1n) is 3.89. The molecular formula is C11H13N. The smallest absolute Gasteiger partial charge is 0.0184 e. The molecule has 0 saturated carbocycles. The van der Waals surface area contributed by atoms with Gasteiger partial charge in [0.25, 0.3) is 0 Å². The van der Waals surface area contributed by atoms with Crippen molar-refractivity contribution >= 4 is 12.2 Å². The largest absolute Gasteiger partial charge is 0.326 e. The SMILES string of the molecule is C=C/C(CN)=c1/ccccc1=C. The van der Waals surface area contributed by atoms with Gasteiger partial charge in [0.1, 0.15) is 0 Å². The van der Waals surface area contributed by atoms with Crippen molar-refractivity contribution in [1.82, 2.24) is 0 Å². The second-order valence-corrected chi connectivity index (χ2v) is 2.59. The van der Waals surface area contributed by atoms with Gasteiger partial charge in [0.2, 0.25) is 0 Å². The molecule has 0 spiro atoms. The molecule has 0 aliphatic rings. The van der Waals surface area contributed by atoms with Gasteiger partial charge in [0, 0.05) is 6.54 Å². The molecule has 0 atom stereocenters. The molecule has 0 radical (unpaired) electrons. The van der Waals surface area contributed by atoms with Crippen molar-refractivity contribution in [2.24, 2.45) is 5.73 Å². The minimum atomic E-state index is 0.510. The van der Waals surface area contributed by atoms with E-state index >= 15 is 0 Å². The van der Waals surface area contributed by atoms with Crippen LogP contribution in [0.15, 0.2) is 36.9 Å². The molecule has 1 heteroatoms. The maximum Gasteiger partial charge on any atom is 0.0184 e. The van der Waals surface area contributed by atoms with Crippen LogP contribution in [0.2, 0.25) is 0 Å². The van der Waals surface area contributed by atoms with E-state index in [4.69, 9.17) is 5.73 Å². The fourth-order valence-corrected chi connectivity index (χ4v) is 1.14. The Morgan fingerprint density at radius 2 is 2.08 bits per heavy atom. The van der Waals surface area contributed by atoms with Crippen molar-refractivity contribution in [3.63, 3.8) is 0 Å². The standard InChI is InChI=1S/C11H13N/c1-3-10(8-12)11-7-5-4-6-9(11)2/h3-7H,1-2,8,12H2/b11-10+. The molecule has 1 rings (SSSR count). The van der Waals surface area contributed by atoms with Crippen LogP contribution in [-0.4, -0.2) is 6.54 Å². The number of benzene rings is 1. The second-order valence-electron chi connectivity index (χ2n) is 2.59. The number of nitrogens with two attached hydrogens (primary N) is 1. The monoisotopic (exact) mass is 159 g/mol. The van der Waals surface area contributed by atoms with Crippen LogP contribution in [0, 0.1) is 0 Å². The fourth-order valence-electron chi connectivity index (χ4n) is 1.14. The Labute approximate surface area is 72.5 Å². The normalized spacial score (nSPS) is 12.4. The van der Waals surface area contributed by atoms with E-state index in [1.54, 1.807) is 6.08 Å². The lowest BCUT2D eigenvalue weighted by Gasteiger charge is -1.96. The molecule has 0 aliphatic carbocycles. The topological polar surface area (TPSA) is 26.0 Å². The molecule has 0 aliphatic heterocycles. The van der Waals surface area contributed by atoms with Crippen LogP contribution in [0.5, 0.6) is 0 Å². The van der Waals surface area contributed by atoms with Crippen molar-refractivity contribution < 1.29 is 0 Å². The molecule has 12 heavy (non-hydrogen) atoms. The van der Waals surface area contributed by atoms with E-state index in [0.717, 1.165) is 16.0 Å². The molecular weight excluding hydrogens is 146 g/mol. The third kappa shape index (κ3) is 1.63. The zero-order valence-corrected chi connectivity index (χ0v) is 7.09. The Balaban J connectivity index is 3.53. The van der Waals surface area contributed by atoms with Crippen LogP contribution in [0.3, 0.4) is 0 Å². The first kappa shape index (κ1) is 8.75. The predicted octanol–water partition coefficient (Wildman–Crippen LogP) is 0.392. The number of hydrogen-bond donors (Lipinski definition) is 1. The van der Waals surface area contributed by atoms with Crippen molar-refractivity contribution in [3.8, 4) is 0 Å². The van der Waals surface area contributed by atoms with Gasteiger partial charge in [-0.3, -0.25) is 0 Å². The highest BCUT2D eigenvalue weighted by atomic mass is 14.5. The van der Waals surface area contributed by atoms with Gasteiger partial charge in [-0.1, -0.05) is 43.5 Å². The summed E-state index contributed by atoms with van der Waals surface area (Å²) in [6.45, 7) is 8.13. The van der Waals surface area contributed by atoms with Crippen molar-refractivity contribution in [2.75, 3.05) is 6.54 Å². The third-order valence-corrected chi connectivity index (χ3v) is 1.83. The second kappa shape index (κ2) is 3.88. The van der Waals surface area contributed by atoms with Gasteiger partial charge < -0.3 is 5.73 Å². The highest BCUT2D eigenvalue weighted by Gasteiger charge is 1.89. The average Bonchev–Trinajstić information content (AvgIpc) is 2.10. The number of hydrogen-bond acceptors (Lipinski definition) is 1. The summed E-state index contributed by atoms with van der Waals surface area (Å²) in [4.78, 5) is 0. The fraction of sp³-hybridized carbons (Fsp3) is 0.0909. The van der Waals surface area contributed by atoms with E-state index in [1.165, 1.54) is 0 Å². The molecule has 0 heterocycles. The summed E-state index contributed by atoms with van der Waals surface area (Å²) >= 11 is 0. The molecule has 1 aromatic carbocycles. The van der Waals surface area contributed by atoms with E-state index in [1.807, 2.05) is 24.3 Å². The van der Waals surface area contributed by atoms with Crippen molar-refractivity contribution in [1.29, 1.82) is 0 Å². The lowest BCUT2D eigenvalue weighted by atomic mass is 10.1. The zero-order chi connectivity index (χ0) is 8.97. The highest BCUT2D eigenvalue weighted by molar-refractivity contribution is 5.57. The van der Waals surface area contributed by atoms with Crippen LogP contribution in [0.4, 0.5) is 0 Å². The summed E-state index contributed by atoms with van der Waals surface area (Å²) in [5.41, 5.74) is 6.59. The Hall–Kier alpha value is -1.34. The first-order valence-corrected chi connectivity index (χ1v) is 3.89. The van der Waals surface area contributed by atoms with Gasteiger partial charge in [-0.15, -0.1) is 0 Å². The van der Waals surface area contributed by atoms with Crippen molar-refractivity contribution in [3.05, 3.63) is 47.4 Å². The average molecular weight is 159 g/mol. The maximum absolute atomic E-state index is 5.55. The summed E-state index contributed by atoms with van der Waals surface area (Å²) in [6, 6.07) is 7.91. The summed E-state index contributed by atoms with van der Waals surface area (Å²) in [5, 5.41) is 2.09. The molecule has 0 fully saturated rings.